The minimum atomic E-state index is -1.83. The van der Waals surface area contributed by atoms with Gasteiger partial charge in [-0.3, -0.25) is 48.2 Å². The summed E-state index contributed by atoms with van der Waals surface area (Å²) < 4.78 is 79.3. The SMILES string of the molecule is O=C(CCN1C(=O)C=CC1=O)NCCCCC(NC(=O)CCN1C(=O)C=CC1=O)C(=O)NCCOCCOCCOCCOCCC(=O)Oc1c(F)c(F)cc(F)c1F. The molecule has 0 spiro atoms. The van der Waals surface area contributed by atoms with E-state index in [-0.39, 0.29) is 110 Å². The van der Waals surface area contributed by atoms with Crippen LogP contribution in [0, 0.1) is 23.3 Å². The predicted molar refractivity (Wildman–Crippen MR) is 193 cm³/mol. The molecule has 3 rings (SSSR count). The van der Waals surface area contributed by atoms with Gasteiger partial charge in [0.2, 0.25) is 35.1 Å². The normalized spacial score (nSPS) is 14.0. The Kier molecular flexibility index (Phi) is 20.8. The number of hydrogen-bond donors (Lipinski definition) is 3. The van der Waals surface area contributed by atoms with Crippen LogP contribution in [0.2, 0.25) is 0 Å². The summed E-state index contributed by atoms with van der Waals surface area (Å²) in [5.74, 6) is -13.2. The van der Waals surface area contributed by atoms with Crippen LogP contribution in [0.3, 0.4) is 0 Å². The second-order valence-corrected chi connectivity index (χ2v) is 12.6. The molecule has 0 fully saturated rings. The number of nitrogens with zero attached hydrogens (tertiary/aromatic N) is 2. The zero-order valence-corrected chi connectivity index (χ0v) is 31.9. The first-order chi connectivity index (χ1) is 28.3. The topological polar surface area (TPSA) is 225 Å². The van der Waals surface area contributed by atoms with E-state index < -0.39 is 82.9 Å². The van der Waals surface area contributed by atoms with E-state index in [1.165, 1.54) is 0 Å². The van der Waals surface area contributed by atoms with Crippen LogP contribution < -0.4 is 20.7 Å². The molecule has 2 aliphatic rings. The van der Waals surface area contributed by atoms with Gasteiger partial charge in [0.25, 0.3) is 23.6 Å². The summed E-state index contributed by atoms with van der Waals surface area (Å²) in [7, 11) is 0. The Morgan fingerprint density at radius 2 is 1.05 bits per heavy atom. The van der Waals surface area contributed by atoms with Crippen LogP contribution in [0.1, 0.15) is 38.5 Å². The van der Waals surface area contributed by atoms with Crippen LogP contribution in [0.25, 0.3) is 0 Å². The highest BCUT2D eigenvalue weighted by molar-refractivity contribution is 6.13. The van der Waals surface area contributed by atoms with Gasteiger partial charge in [-0.2, -0.15) is 8.78 Å². The lowest BCUT2D eigenvalue weighted by atomic mass is 10.1. The molecule has 0 radical (unpaired) electrons. The number of unbranched alkanes of at least 4 members (excludes halogenated alkanes) is 1. The van der Waals surface area contributed by atoms with Crippen LogP contribution in [-0.2, 0) is 57.3 Å². The van der Waals surface area contributed by atoms with Gasteiger partial charge in [-0.1, -0.05) is 0 Å². The Hall–Kier alpha value is -5.58. The summed E-state index contributed by atoms with van der Waals surface area (Å²) in [6.07, 6.45) is 4.75. The number of carbonyl (C=O) groups excluding carboxylic acids is 8. The van der Waals surface area contributed by atoms with Gasteiger partial charge in [-0.25, -0.2) is 8.78 Å². The van der Waals surface area contributed by atoms with Gasteiger partial charge in [-0.15, -0.1) is 0 Å². The number of hydrogen-bond acceptors (Lipinski definition) is 13. The van der Waals surface area contributed by atoms with Gasteiger partial charge in [0.05, 0.1) is 59.3 Å². The molecule has 0 saturated heterocycles. The Balaban J connectivity index is 1.23. The molecular formula is C37H45F4N5O13. The molecule has 1 aromatic carbocycles. The smallest absolute Gasteiger partial charge is 0.313 e. The highest BCUT2D eigenvalue weighted by Crippen LogP contribution is 2.26. The Bertz CT molecular complexity index is 1680. The van der Waals surface area contributed by atoms with Crippen molar-refractivity contribution >= 4 is 47.3 Å². The van der Waals surface area contributed by atoms with Crippen molar-refractivity contribution in [3.8, 4) is 5.75 Å². The Morgan fingerprint density at radius 1 is 0.576 bits per heavy atom. The second kappa shape index (κ2) is 25.7. The lowest BCUT2D eigenvalue weighted by Crippen LogP contribution is -2.48. The first-order valence-electron chi connectivity index (χ1n) is 18.5. The van der Waals surface area contributed by atoms with Crippen molar-refractivity contribution in [1.29, 1.82) is 0 Å². The Morgan fingerprint density at radius 3 is 1.58 bits per heavy atom. The number of benzene rings is 1. The average Bonchev–Trinajstić information content (AvgIpc) is 3.71. The van der Waals surface area contributed by atoms with Crippen LogP contribution in [0.15, 0.2) is 30.4 Å². The fourth-order valence-electron chi connectivity index (χ4n) is 5.15. The molecule has 0 aliphatic carbocycles. The molecule has 1 unspecified atom stereocenters. The number of esters is 1. The van der Waals surface area contributed by atoms with Crippen LogP contribution in [-0.4, -0.2) is 142 Å². The maximum Gasteiger partial charge on any atom is 0.313 e. The summed E-state index contributed by atoms with van der Waals surface area (Å²) in [6.45, 7) is 0.951. The number of ether oxygens (including phenoxy) is 5. The van der Waals surface area contributed by atoms with Crippen LogP contribution in [0.5, 0.6) is 5.75 Å². The number of imide groups is 2. The van der Waals surface area contributed by atoms with Crippen molar-refractivity contribution in [2.45, 2.75) is 44.6 Å². The van der Waals surface area contributed by atoms with Crippen LogP contribution >= 0.6 is 0 Å². The van der Waals surface area contributed by atoms with Gasteiger partial charge >= 0.3 is 5.97 Å². The van der Waals surface area contributed by atoms with E-state index in [0.29, 0.717) is 12.8 Å². The van der Waals surface area contributed by atoms with Crippen molar-refractivity contribution < 1.29 is 79.6 Å². The minimum Gasteiger partial charge on any atom is -0.420 e. The molecular weight excluding hydrogens is 798 g/mol. The predicted octanol–water partition coefficient (Wildman–Crippen LogP) is 0.123. The van der Waals surface area contributed by atoms with Crippen molar-refractivity contribution in [2.75, 3.05) is 79.0 Å². The maximum absolute atomic E-state index is 13.6. The molecule has 2 heterocycles. The summed E-state index contributed by atoms with van der Waals surface area (Å²) >= 11 is 0. The average molecular weight is 844 g/mol. The fraction of sp³-hybridized carbons (Fsp3) is 0.514. The highest BCUT2D eigenvalue weighted by Gasteiger charge is 2.27. The van der Waals surface area contributed by atoms with Gasteiger partial charge in [-0.05, 0) is 19.3 Å². The molecule has 1 aromatic rings. The molecule has 0 aromatic heterocycles. The zero-order valence-electron chi connectivity index (χ0n) is 31.9. The number of nitrogens with one attached hydrogen (secondary N) is 3. The summed E-state index contributed by atoms with van der Waals surface area (Å²) in [6, 6.07) is -0.981. The largest absolute Gasteiger partial charge is 0.420 e. The molecule has 0 saturated carbocycles. The van der Waals surface area contributed by atoms with Gasteiger partial charge in [0, 0.05) is 69.4 Å². The summed E-state index contributed by atoms with van der Waals surface area (Å²) in [5, 5.41) is 7.98. The molecule has 0 bridgehead atoms. The third-order valence-electron chi connectivity index (χ3n) is 8.22. The zero-order chi connectivity index (χ0) is 43.2. The monoisotopic (exact) mass is 843 g/mol. The van der Waals surface area contributed by atoms with E-state index in [0.717, 1.165) is 34.1 Å². The van der Waals surface area contributed by atoms with Crippen LogP contribution in [0.4, 0.5) is 17.6 Å². The fourth-order valence-corrected chi connectivity index (χ4v) is 5.15. The minimum absolute atomic E-state index is 0.0107. The standard InChI is InChI=1S/C37H45F4N5O13/c38-24-23-25(39)35(41)36(34(24)40)59-33(53)10-15-55-17-19-57-21-22-58-20-18-56-16-12-43-37(54)26(44-28(48)9-14-46-31(51)6-7-32(46)52)3-1-2-11-42-27(47)8-13-45-29(49)4-5-30(45)50/h4-7,23,26H,1-3,8-22H2,(H,42,47)(H,43,54)(H,44,48). The molecule has 2 aliphatic heterocycles. The van der Waals surface area contributed by atoms with Crippen molar-refractivity contribution in [3.63, 3.8) is 0 Å². The molecule has 324 valence electrons. The van der Waals surface area contributed by atoms with Crippen molar-refractivity contribution in [2.24, 2.45) is 0 Å². The van der Waals surface area contributed by atoms with E-state index in [2.05, 4.69) is 20.7 Å². The first kappa shape index (κ1) is 47.8. The van der Waals surface area contributed by atoms with Gasteiger partial charge in [0.1, 0.15) is 6.04 Å². The lowest BCUT2D eigenvalue weighted by molar-refractivity contribution is -0.139. The lowest BCUT2D eigenvalue weighted by Gasteiger charge is -2.20. The number of halogens is 4. The van der Waals surface area contributed by atoms with E-state index in [9.17, 15) is 55.9 Å². The molecule has 3 N–H and O–H groups in total. The van der Waals surface area contributed by atoms with Crippen molar-refractivity contribution in [1.82, 2.24) is 25.8 Å². The molecule has 18 nitrogen and oxygen atoms in total. The van der Waals surface area contributed by atoms with E-state index in [1.807, 2.05) is 0 Å². The summed E-state index contributed by atoms with van der Waals surface area (Å²) in [5.41, 5.74) is 0. The third-order valence-corrected chi connectivity index (χ3v) is 8.22. The van der Waals surface area contributed by atoms with E-state index in [4.69, 9.17) is 18.9 Å². The highest BCUT2D eigenvalue weighted by atomic mass is 19.2. The quantitative estimate of drug-likeness (QED) is 0.0244. The van der Waals surface area contributed by atoms with E-state index in [1.54, 1.807) is 0 Å². The molecule has 59 heavy (non-hydrogen) atoms. The van der Waals surface area contributed by atoms with Gasteiger partial charge in [0.15, 0.2) is 11.6 Å². The van der Waals surface area contributed by atoms with Crippen molar-refractivity contribution in [3.05, 3.63) is 53.6 Å². The number of carbonyl (C=O) groups is 8. The maximum atomic E-state index is 13.6. The molecule has 22 heteroatoms. The summed E-state index contributed by atoms with van der Waals surface area (Å²) in [4.78, 5) is 98.2. The number of rotatable bonds is 29. The number of amides is 7. The molecule has 1 atom stereocenters. The Labute approximate surface area is 335 Å². The third kappa shape index (κ3) is 17.0. The molecule has 7 amide bonds. The van der Waals surface area contributed by atoms with Gasteiger partial charge < -0.3 is 39.6 Å². The van der Waals surface area contributed by atoms with E-state index >= 15 is 0 Å². The second-order valence-electron chi connectivity index (χ2n) is 12.6. The first-order valence-corrected chi connectivity index (χ1v) is 18.5.